The lowest BCUT2D eigenvalue weighted by molar-refractivity contribution is -0.124. The van der Waals surface area contributed by atoms with Gasteiger partial charge in [0, 0.05) is 25.8 Å². The van der Waals surface area contributed by atoms with E-state index in [-0.39, 0.29) is 29.8 Å². The summed E-state index contributed by atoms with van der Waals surface area (Å²) in [7, 11) is 1.64. The maximum atomic E-state index is 13.0. The third-order valence-corrected chi connectivity index (χ3v) is 6.59. The molecule has 0 unspecified atom stereocenters. The second kappa shape index (κ2) is 9.07. The Morgan fingerprint density at radius 1 is 1.22 bits per heavy atom. The molecular weight excluding hydrogens is 428 g/mol. The minimum Gasteiger partial charge on any atom is -0.359 e. The summed E-state index contributed by atoms with van der Waals surface area (Å²) in [5, 5.41) is 6.22. The average Bonchev–Trinajstić information content (AvgIpc) is 3.20. The minimum absolute atomic E-state index is 0.0195. The standard InChI is InChI=1S/C22H26N6O3S/c1-13-7-14(2)9-16(8-13)25-17(29)11-28-12-24-19-18(21(28)31)32-22(26-19)27-6-4-5-15(10-27)20(30)23-3/h7-9,12,15H,4-6,10-11H2,1-3H3,(H,23,30)(H,25,29)/t15-/m0/s1. The number of amides is 2. The fourth-order valence-electron chi connectivity index (χ4n) is 4.05. The first kappa shape index (κ1) is 21.9. The number of hydrogen-bond donors (Lipinski definition) is 2. The van der Waals surface area contributed by atoms with E-state index in [2.05, 4.69) is 20.6 Å². The van der Waals surface area contributed by atoms with Crippen molar-refractivity contribution in [3.8, 4) is 0 Å². The van der Waals surface area contributed by atoms with Crippen LogP contribution in [-0.2, 0) is 16.1 Å². The van der Waals surface area contributed by atoms with E-state index in [1.54, 1.807) is 7.05 Å². The van der Waals surface area contributed by atoms with Crippen molar-refractivity contribution < 1.29 is 9.59 Å². The predicted octanol–water partition coefficient (Wildman–Crippen LogP) is 2.07. The van der Waals surface area contributed by atoms with Gasteiger partial charge in [0.1, 0.15) is 17.6 Å². The molecule has 32 heavy (non-hydrogen) atoms. The number of piperidine rings is 1. The van der Waals surface area contributed by atoms with Crippen molar-refractivity contribution in [3.05, 3.63) is 46.0 Å². The molecule has 0 saturated carbocycles. The summed E-state index contributed by atoms with van der Waals surface area (Å²) in [5.74, 6) is -0.377. The van der Waals surface area contributed by atoms with Gasteiger partial charge in [-0.05, 0) is 49.9 Å². The normalized spacial score (nSPS) is 16.2. The van der Waals surface area contributed by atoms with Crippen molar-refractivity contribution in [2.24, 2.45) is 5.92 Å². The van der Waals surface area contributed by atoms with Crippen LogP contribution in [0.5, 0.6) is 0 Å². The number of carbonyl (C=O) groups is 2. The number of aryl methyl sites for hydroxylation is 2. The smallest absolute Gasteiger partial charge is 0.273 e. The minimum atomic E-state index is -0.299. The van der Waals surface area contributed by atoms with Gasteiger partial charge in [0.05, 0.1) is 5.92 Å². The Balaban J connectivity index is 1.52. The van der Waals surface area contributed by atoms with Crippen LogP contribution in [0.2, 0.25) is 0 Å². The van der Waals surface area contributed by atoms with E-state index in [9.17, 15) is 14.4 Å². The number of nitrogens with zero attached hydrogens (tertiary/aromatic N) is 4. The van der Waals surface area contributed by atoms with Gasteiger partial charge < -0.3 is 15.5 Å². The van der Waals surface area contributed by atoms with Gasteiger partial charge in [0.25, 0.3) is 5.56 Å². The number of aromatic nitrogens is 3. The highest BCUT2D eigenvalue weighted by Crippen LogP contribution is 2.29. The first-order valence-corrected chi connectivity index (χ1v) is 11.4. The van der Waals surface area contributed by atoms with E-state index in [4.69, 9.17) is 0 Å². The molecular formula is C22H26N6O3S. The lowest BCUT2D eigenvalue weighted by Gasteiger charge is -2.31. The fraction of sp³-hybridized carbons (Fsp3) is 0.409. The molecule has 3 aromatic rings. The molecule has 0 radical (unpaired) electrons. The first-order chi connectivity index (χ1) is 15.3. The first-order valence-electron chi connectivity index (χ1n) is 10.5. The van der Waals surface area contributed by atoms with Crippen LogP contribution in [0.15, 0.2) is 29.3 Å². The lowest BCUT2D eigenvalue weighted by atomic mass is 9.98. The molecule has 4 rings (SSSR count). The van der Waals surface area contributed by atoms with Crippen molar-refractivity contribution in [1.82, 2.24) is 19.9 Å². The zero-order valence-corrected chi connectivity index (χ0v) is 19.2. The highest BCUT2D eigenvalue weighted by Gasteiger charge is 2.27. The van der Waals surface area contributed by atoms with Gasteiger partial charge in [0.15, 0.2) is 10.8 Å². The second-order valence-corrected chi connectivity index (χ2v) is 9.13. The average molecular weight is 455 g/mol. The molecule has 2 aromatic heterocycles. The molecule has 1 atom stereocenters. The van der Waals surface area contributed by atoms with Crippen LogP contribution < -0.4 is 21.1 Å². The molecule has 0 aliphatic carbocycles. The lowest BCUT2D eigenvalue weighted by Crippen LogP contribution is -2.42. The zero-order chi connectivity index (χ0) is 22.8. The topological polar surface area (TPSA) is 109 Å². The molecule has 10 heteroatoms. The van der Waals surface area contributed by atoms with E-state index in [0.717, 1.165) is 30.5 Å². The van der Waals surface area contributed by atoms with Crippen LogP contribution in [0.25, 0.3) is 10.3 Å². The number of benzene rings is 1. The largest absolute Gasteiger partial charge is 0.359 e. The number of carbonyl (C=O) groups excluding carboxylic acids is 2. The van der Waals surface area contributed by atoms with E-state index in [0.29, 0.717) is 27.7 Å². The van der Waals surface area contributed by atoms with Crippen molar-refractivity contribution >= 4 is 44.3 Å². The summed E-state index contributed by atoms with van der Waals surface area (Å²) in [4.78, 5) is 48.4. The summed E-state index contributed by atoms with van der Waals surface area (Å²) < 4.78 is 1.70. The second-order valence-electron chi connectivity index (χ2n) is 8.15. The zero-order valence-electron chi connectivity index (χ0n) is 18.3. The van der Waals surface area contributed by atoms with E-state index in [1.807, 2.05) is 36.9 Å². The number of thiazole rings is 1. The molecule has 2 N–H and O–H groups in total. The van der Waals surface area contributed by atoms with Crippen LogP contribution in [0.3, 0.4) is 0 Å². The SMILES string of the molecule is CNC(=O)[C@H]1CCCN(c2nc3ncn(CC(=O)Nc4cc(C)cc(C)c4)c(=O)c3s2)C1. The maximum Gasteiger partial charge on any atom is 0.273 e. The summed E-state index contributed by atoms with van der Waals surface area (Å²) in [6, 6.07) is 5.79. The molecule has 1 aliphatic heterocycles. The number of fused-ring (bicyclic) bond motifs is 1. The predicted molar refractivity (Wildman–Crippen MR) is 125 cm³/mol. The van der Waals surface area contributed by atoms with E-state index < -0.39 is 0 Å². The molecule has 168 valence electrons. The Morgan fingerprint density at radius 3 is 2.69 bits per heavy atom. The highest BCUT2D eigenvalue weighted by atomic mass is 32.1. The summed E-state index contributed by atoms with van der Waals surface area (Å²) in [6.07, 6.45) is 3.07. The number of anilines is 2. The van der Waals surface area contributed by atoms with Crippen LogP contribution in [0, 0.1) is 19.8 Å². The van der Waals surface area contributed by atoms with Gasteiger partial charge >= 0.3 is 0 Å². The van der Waals surface area contributed by atoms with Crippen molar-refractivity contribution in [1.29, 1.82) is 0 Å². The van der Waals surface area contributed by atoms with Crippen molar-refractivity contribution in [2.45, 2.75) is 33.2 Å². The monoisotopic (exact) mass is 454 g/mol. The van der Waals surface area contributed by atoms with Crippen LogP contribution >= 0.6 is 11.3 Å². The van der Waals surface area contributed by atoms with Crippen molar-refractivity contribution in [3.63, 3.8) is 0 Å². The van der Waals surface area contributed by atoms with Gasteiger partial charge in [0.2, 0.25) is 11.8 Å². The highest BCUT2D eigenvalue weighted by molar-refractivity contribution is 7.22. The third kappa shape index (κ3) is 4.64. The van der Waals surface area contributed by atoms with Crippen molar-refractivity contribution in [2.75, 3.05) is 30.4 Å². The Bertz CT molecular complexity index is 1210. The molecule has 9 nitrogen and oxygen atoms in total. The molecule has 1 fully saturated rings. The third-order valence-electron chi connectivity index (χ3n) is 5.50. The van der Waals surface area contributed by atoms with Gasteiger partial charge in [-0.1, -0.05) is 17.4 Å². The summed E-state index contributed by atoms with van der Waals surface area (Å²) in [5.41, 5.74) is 2.87. The number of nitrogens with one attached hydrogen (secondary N) is 2. The Kier molecular flexibility index (Phi) is 6.22. The van der Waals surface area contributed by atoms with Crippen LogP contribution in [0.4, 0.5) is 10.8 Å². The molecule has 2 amide bonds. The van der Waals surface area contributed by atoms with Gasteiger partial charge in [-0.2, -0.15) is 4.98 Å². The molecule has 3 heterocycles. The molecule has 1 aliphatic rings. The van der Waals surface area contributed by atoms with Gasteiger partial charge in [-0.15, -0.1) is 0 Å². The fourth-order valence-corrected chi connectivity index (χ4v) is 5.06. The Morgan fingerprint density at radius 2 is 1.97 bits per heavy atom. The van der Waals surface area contributed by atoms with Crippen LogP contribution in [0.1, 0.15) is 24.0 Å². The Hall–Kier alpha value is -3.27. The molecule has 0 bridgehead atoms. The quantitative estimate of drug-likeness (QED) is 0.611. The van der Waals surface area contributed by atoms with Gasteiger partial charge in [-0.25, -0.2) is 4.98 Å². The molecule has 0 spiro atoms. The number of hydrogen-bond acceptors (Lipinski definition) is 7. The van der Waals surface area contributed by atoms with Gasteiger partial charge in [-0.3, -0.25) is 19.0 Å². The maximum absolute atomic E-state index is 13.0. The van der Waals surface area contributed by atoms with E-state index >= 15 is 0 Å². The van der Waals surface area contributed by atoms with E-state index in [1.165, 1.54) is 22.2 Å². The Labute approximate surface area is 189 Å². The summed E-state index contributed by atoms with van der Waals surface area (Å²) >= 11 is 1.26. The summed E-state index contributed by atoms with van der Waals surface area (Å²) in [6.45, 7) is 5.13. The molecule has 1 aromatic carbocycles. The van der Waals surface area contributed by atoms with Crippen LogP contribution in [-0.4, -0.2) is 46.5 Å². The number of rotatable bonds is 5. The molecule has 1 saturated heterocycles.